The normalized spacial score (nSPS) is 27.4. The molecule has 0 bridgehead atoms. The van der Waals surface area contributed by atoms with E-state index in [1.54, 1.807) is 5.57 Å². The molecule has 0 saturated carbocycles. The summed E-state index contributed by atoms with van der Waals surface area (Å²) in [6, 6.07) is 0. The molecule has 0 unspecified atom stereocenters. The summed E-state index contributed by atoms with van der Waals surface area (Å²) >= 11 is -2.41. The van der Waals surface area contributed by atoms with E-state index in [1.165, 1.54) is 51.8 Å². The van der Waals surface area contributed by atoms with Crippen molar-refractivity contribution in [3.63, 3.8) is 0 Å². The van der Waals surface area contributed by atoms with Crippen LogP contribution in [0.1, 0.15) is 93.4 Å². The van der Waals surface area contributed by atoms with E-state index >= 15 is 0 Å². The van der Waals surface area contributed by atoms with Crippen LogP contribution in [-0.4, -0.2) is 58.6 Å². The number of ether oxygens (including phenoxy) is 3. The van der Waals surface area contributed by atoms with Crippen molar-refractivity contribution in [2.24, 2.45) is 5.92 Å². The van der Waals surface area contributed by atoms with Gasteiger partial charge in [-0.15, -0.1) is 0 Å². The summed E-state index contributed by atoms with van der Waals surface area (Å²) in [7, 11) is -1.99. The van der Waals surface area contributed by atoms with Gasteiger partial charge in [0.05, 0.1) is 0 Å². The standard InChI is InChI=1S/C16H29O4Si.3C4H9.Sn/c1-8-17-13-9-12-11(2)10-18-14(12)15(19-13)20-21(6,7)16(3,4)5;3*1-3-4-2;/h2,12-15H,8-10H2,1,3-7H3;3*1,3-4H2,2H3;/t12-,13+,14+,15-;;;;/m1..../s1. The number of fused-ring (bicyclic) bond motifs is 1. The zero-order valence-electron chi connectivity index (χ0n) is 24.0. The van der Waals surface area contributed by atoms with Crippen molar-refractivity contribution < 1.29 is 18.6 Å². The van der Waals surface area contributed by atoms with Crippen molar-refractivity contribution in [3.8, 4) is 0 Å². The summed E-state index contributed by atoms with van der Waals surface area (Å²) in [5, 5.41) is 0.133. The molecule has 2 heterocycles. The number of hydrogen-bond acceptors (Lipinski definition) is 4. The minimum absolute atomic E-state index is 0.00425. The first-order valence-electron chi connectivity index (χ1n) is 14.3. The molecule has 2 rings (SSSR count). The Morgan fingerprint density at radius 2 is 1.53 bits per heavy atom. The third-order valence-corrected chi connectivity index (χ3v) is 27.3. The molecular formula is C28H56O4SiSn. The van der Waals surface area contributed by atoms with Crippen molar-refractivity contribution in [1.29, 1.82) is 0 Å². The fraction of sp³-hybridized carbons (Fsp3) is 0.929. The average molecular weight is 604 g/mol. The first-order valence-corrected chi connectivity index (χ1v) is 24.9. The zero-order chi connectivity index (χ0) is 25.4. The van der Waals surface area contributed by atoms with Crippen LogP contribution in [0.15, 0.2) is 9.67 Å². The average Bonchev–Trinajstić information content (AvgIpc) is 3.16. The molecule has 2 fully saturated rings. The van der Waals surface area contributed by atoms with E-state index in [4.69, 9.17) is 18.6 Å². The fourth-order valence-electron chi connectivity index (χ4n) is 5.25. The molecule has 34 heavy (non-hydrogen) atoms. The van der Waals surface area contributed by atoms with Gasteiger partial charge in [0.2, 0.25) is 0 Å². The maximum absolute atomic E-state index is 6.81. The van der Waals surface area contributed by atoms with E-state index in [1.807, 2.05) is 0 Å². The molecule has 4 atom stereocenters. The maximum atomic E-state index is 6.81. The molecule has 2 aliphatic rings. The van der Waals surface area contributed by atoms with Gasteiger partial charge in [0.25, 0.3) is 0 Å². The predicted molar refractivity (Wildman–Crippen MR) is 149 cm³/mol. The summed E-state index contributed by atoms with van der Waals surface area (Å²) in [4.78, 5) is 0. The van der Waals surface area contributed by atoms with E-state index < -0.39 is 26.7 Å². The van der Waals surface area contributed by atoms with E-state index in [0.29, 0.717) is 12.5 Å². The Morgan fingerprint density at radius 3 is 2.00 bits per heavy atom. The van der Waals surface area contributed by atoms with Gasteiger partial charge in [-0.3, -0.25) is 0 Å². The predicted octanol–water partition coefficient (Wildman–Crippen LogP) is 8.45. The first-order chi connectivity index (χ1) is 16.0. The van der Waals surface area contributed by atoms with Gasteiger partial charge in [-0.05, 0) is 0 Å². The third kappa shape index (κ3) is 8.30. The molecule has 200 valence electrons. The van der Waals surface area contributed by atoms with Crippen LogP contribution in [-0.2, 0) is 18.6 Å². The summed E-state index contributed by atoms with van der Waals surface area (Å²) in [5.74, 6) is 0.376. The number of rotatable bonds is 14. The van der Waals surface area contributed by atoms with Gasteiger partial charge in [0.1, 0.15) is 0 Å². The molecule has 0 aromatic carbocycles. The van der Waals surface area contributed by atoms with Crippen LogP contribution in [0.4, 0.5) is 0 Å². The topological polar surface area (TPSA) is 36.9 Å². The van der Waals surface area contributed by atoms with Crippen molar-refractivity contribution in [2.75, 3.05) is 13.2 Å². The zero-order valence-corrected chi connectivity index (χ0v) is 27.9. The molecule has 2 saturated heterocycles. The van der Waals surface area contributed by atoms with Crippen molar-refractivity contribution in [1.82, 2.24) is 0 Å². The SMILES string of the molecule is CCC[CH2][Sn](/[CH]=C1\CO[C@@H]2[C@@H](O[Si](C)(C)C(C)(C)C)O[C@H](OCC)C[C@H]12)([CH2]CCC)[CH2]CCC. The van der Waals surface area contributed by atoms with E-state index in [0.717, 1.165) is 13.0 Å². The third-order valence-electron chi connectivity index (χ3n) is 8.46. The second kappa shape index (κ2) is 13.9. The quantitative estimate of drug-likeness (QED) is 0.187. The van der Waals surface area contributed by atoms with Gasteiger partial charge in [-0.25, -0.2) is 0 Å². The minimum atomic E-state index is -2.41. The molecule has 0 amide bonds. The molecule has 0 aliphatic carbocycles. The van der Waals surface area contributed by atoms with Gasteiger partial charge >= 0.3 is 218 Å². The van der Waals surface area contributed by atoms with Crippen LogP contribution < -0.4 is 0 Å². The molecule has 6 heteroatoms. The number of unbranched alkanes of at least 4 members (excludes halogenated alkanes) is 3. The first kappa shape index (κ1) is 30.8. The Kier molecular flexibility index (Phi) is 12.6. The Balaban J connectivity index is 2.36. The summed E-state index contributed by atoms with van der Waals surface area (Å²) in [6.07, 6.45) is 8.50. The van der Waals surface area contributed by atoms with Crippen LogP contribution in [0.5, 0.6) is 0 Å². The molecule has 0 radical (unpaired) electrons. The van der Waals surface area contributed by atoms with Crippen LogP contribution in [0.2, 0.25) is 31.4 Å². The van der Waals surface area contributed by atoms with E-state index in [-0.39, 0.29) is 23.7 Å². The van der Waals surface area contributed by atoms with Crippen molar-refractivity contribution in [3.05, 3.63) is 9.67 Å². The number of hydrogen-bond donors (Lipinski definition) is 0. The molecule has 2 aliphatic heterocycles. The summed E-state index contributed by atoms with van der Waals surface area (Å²) in [6.45, 7) is 22.0. The Labute approximate surface area is 216 Å². The van der Waals surface area contributed by atoms with Crippen molar-refractivity contribution in [2.45, 2.75) is 144 Å². The molecule has 4 nitrogen and oxygen atoms in total. The summed E-state index contributed by atoms with van der Waals surface area (Å²) < 4.78 is 33.2. The van der Waals surface area contributed by atoms with Crippen LogP contribution in [0, 0.1) is 5.92 Å². The van der Waals surface area contributed by atoms with Gasteiger partial charge in [-0.1, -0.05) is 0 Å². The van der Waals surface area contributed by atoms with Crippen molar-refractivity contribution >= 4 is 26.7 Å². The summed E-state index contributed by atoms with van der Waals surface area (Å²) in [5.41, 5.74) is 1.57. The van der Waals surface area contributed by atoms with Gasteiger partial charge < -0.3 is 0 Å². The van der Waals surface area contributed by atoms with Crippen LogP contribution in [0.3, 0.4) is 0 Å². The van der Waals surface area contributed by atoms with E-state index in [9.17, 15) is 0 Å². The second-order valence-electron chi connectivity index (χ2n) is 12.3. The molecule has 0 N–H and O–H groups in total. The van der Waals surface area contributed by atoms with Gasteiger partial charge in [-0.2, -0.15) is 0 Å². The Bertz CT molecular complexity index is 609. The molecule has 0 aromatic heterocycles. The van der Waals surface area contributed by atoms with Crippen LogP contribution in [0.25, 0.3) is 0 Å². The van der Waals surface area contributed by atoms with Gasteiger partial charge in [0, 0.05) is 0 Å². The second-order valence-corrected chi connectivity index (χ2v) is 29.9. The van der Waals surface area contributed by atoms with Crippen LogP contribution >= 0.6 is 0 Å². The molecular weight excluding hydrogens is 547 g/mol. The Morgan fingerprint density at radius 1 is 0.971 bits per heavy atom. The Hall–Kier alpha value is 0.596. The molecule has 0 spiro atoms. The van der Waals surface area contributed by atoms with E-state index in [2.05, 4.69) is 65.7 Å². The van der Waals surface area contributed by atoms with Gasteiger partial charge in [0.15, 0.2) is 0 Å². The monoisotopic (exact) mass is 604 g/mol. The fourth-order valence-corrected chi connectivity index (χ4v) is 21.9. The molecule has 0 aromatic rings.